The Kier molecular flexibility index (Phi) is 28.5. The van der Waals surface area contributed by atoms with Gasteiger partial charge in [0.15, 0.2) is 5.65 Å². The van der Waals surface area contributed by atoms with Gasteiger partial charge in [0.1, 0.15) is 46.9 Å². The zero-order valence-electron chi connectivity index (χ0n) is 74.1. The Balaban J connectivity index is 0.000000109. The topological polar surface area (TPSA) is 211 Å². The lowest BCUT2D eigenvalue weighted by molar-refractivity contribution is 0.628. The van der Waals surface area contributed by atoms with Crippen LogP contribution < -0.4 is 0 Å². The minimum Gasteiger partial charge on any atom is -0.362 e. The number of fused-ring (bicyclic) bond motifs is 6. The molecule has 143 heavy (non-hydrogen) atoms. The molecule has 16 aromatic heterocycles. The molecule has 24 aromatic rings. The van der Waals surface area contributed by atoms with Crippen LogP contribution in [0, 0.1) is 41.5 Å². The SMILES string of the molecule is Fc1ccc(-c2ncccc2-c2ccc3ncccc3c2)cc1Cl.Fc1ccc(-c2ncccc2-c2ccc3ncccc3n2)cc1Cl.Fc1ccc(-c2ncccc2-c2ccc3nccn3c2)cc1Cl.Fc1ccc(-c2ncccc2-c2ccc3nccnc3c2)cc1Cl.Fc1ccc(-c2ncccc2-c2ccc3ncnn3c2)cc1Cl.[C-]#[N+]c1cnc2ccc(-c3cccnc3-c3ccc(F)c(Cl)c3)cn12. The predicted octanol–water partition coefficient (Wildman–Crippen LogP) is 30.6. The summed E-state index contributed by atoms with van der Waals surface area (Å²) in [4.78, 5) is 64.7. The van der Waals surface area contributed by atoms with Crippen LogP contribution in [-0.4, -0.2) is 88.2 Å². The lowest BCUT2D eigenvalue weighted by Gasteiger charge is -2.10. The van der Waals surface area contributed by atoms with E-state index in [-0.39, 0.29) is 30.1 Å². The molecule has 0 unspecified atom stereocenters. The summed E-state index contributed by atoms with van der Waals surface area (Å²) < 4.78 is 86.0. The summed E-state index contributed by atoms with van der Waals surface area (Å²) in [5, 5.41) is 5.65. The molecular weight excluding hydrogens is 1940 g/mol. The molecule has 692 valence electrons. The average molecular weight is 2000 g/mol. The van der Waals surface area contributed by atoms with Gasteiger partial charge in [-0.05, 0) is 248 Å². The van der Waals surface area contributed by atoms with E-state index in [9.17, 15) is 26.3 Å². The lowest BCUT2D eigenvalue weighted by atomic mass is 9.98. The highest BCUT2D eigenvalue weighted by atomic mass is 35.5. The van der Waals surface area contributed by atoms with E-state index in [0.717, 1.165) is 167 Å². The quantitative estimate of drug-likeness (QED) is 0.0822. The zero-order valence-corrected chi connectivity index (χ0v) is 78.6. The first-order chi connectivity index (χ1) is 69.8. The monoisotopic (exact) mass is 2000 g/mol. The molecule has 0 fully saturated rings. The fourth-order valence-electron chi connectivity index (χ4n) is 15.8. The summed E-state index contributed by atoms with van der Waals surface area (Å²) in [5.74, 6) is -2.25. The summed E-state index contributed by atoms with van der Waals surface area (Å²) >= 11 is 35.5. The third-order valence-corrected chi connectivity index (χ3v) is 24.4. The number of aromatic nitrogens is 18. The van der Waals surface area contributed by atoms with Crippen LogP contribution in [-0.2, 0) is 0 Å². The standard InChI is InChI=1S/C20H12ClFN2.C19H10ClFN4.2C19H11ClFN3.C18H11ClFN3.C17H10ClFN4/c21-17-12-15(5-7-18(17)22)20-16(4-2-10-24-20)13-6-8-19-14(11-13)3-1-9-23-19;1-22-18-10-24-17-7-5-13(11-25(17)18)14-3-2-8-23-19(14)12-4-6-16(21)15(20)9-12;20-14-11-12(5-6-15(14)21)19-13(3-1-10-23-19)16-7-8-17-18(24-16)4-2-9-22-17;20-15-10-13(3-5-16(15)21)19-14(2-1-7-24-19)12-4-6-17-18(11-12)23-9-8-22-17;19-15-10-12(3-5-16(15)20)18-14(2-1-7-22-18)13-4-6-17-21-8-9-23(17)11-13;18-14-8-11(3-5-15(14)19)17-13(2-1-7-20-17)12-4-6-16-21-10-22-23(16)9-12/h1-12H;2-11H;2*1-11H;1-11H;1-10H. The van der Waals surface area contributed by atoms with Crippen molar-refractivity contribution >= 4 is 125 Å². The van der Waals surface area contributed by atoms with Gasteiger partial charge < -0.3 is 9.25 Å². The van der Waals surface area contributed by atoms with Gasteiger partial charge in [-0.1, -0.05) is 125 Å². The highest BCUT2D eigenvalue weighted by Gasteiger charge is 2.21. The molecule has 0 saturated heterocycles. The summed E-state index contributed by atoms with van der Waals surface area (Å²) in [5.41, 5.74) is 26.5. The van der Waals surface area contributed by atoms with Crippen molar-refractivity contribution in [1.29, 1.82) is 0 Å². The van der Waals surface area contributed by atoms with Crippen LogP contribution in [0.1, 0.15) is 0 Å². The van der Waals surface area contributed by atoms with Crippen molar-refractivity contribution in [3.05, 3.63) is 473 Å². The summed E-state index contributed by atoms with van der Waals surface area (Å²) in [6.45, 7) is 7.24. The van der Waals surface area contributed by atoms with E-state index in [1.165, 1.54) is 48.9 Å². The Hall–Kier alpha value is -17.2. The van der Waals surface area contributed by atoms with Crippen LogP contribution in [0.5, 0.6) is 0 Å². The fraction of sp³-hybridized carbons (Fsp3) is 0. The first kappa shape index (κ1) is 94.7. The van der Waals surface area contributed by atoms with Crippen molar-refractivity contribution in [2.24, 2.45) is 0 Å². The van der Waals surface area contributed by atoms with E-state index in [4.69, 9.17) is 76.2 Å². The molecule has 0 bridgehead atoms. The summed E-state index contributed by atoms with van der Waals surface area (Å²) in [7, 11) is 0. The molecule has 0 amide bonds. The maximum Gasteiger partial charge on any atom is 0.254 e. The smallest absolute Gasteiger partial charge is 0.254 e. The van der Waals surface area contributed by atoms with E-state index < -0.39 is 34.9 Å². The number of imidazole rings is 2. The number of halogens is 12. The zero-order chi connectivity index (χ0) is 98.6. The number of pyridine rings is 12. The number of hydrogen-bond donors (Lipinski definition) is 0. The summed E-state index contributed by atoms with van der Waals surface area (Å²) in [6.07, 6.45) is 29.5. The molecule has 0 radical (unpaired) electrons. The van der Waals surface area contributed by atoms with Crippen molar-refractivity contribution in [2.75, 3.05) is 0 Å². The minimum absolute atomic E-state index is 0.0504. The van der Waals surface area contributed by atoms with E-state index >= 15 is 0 Å². The van der Waals surface area contributed by atoms with E-state index in [1.807, 2.05) is 205 Å². The third-order valence-electron chi connectivity index (χ3n) is 22.6. The van der Waals surface area contributed by atoms with Gasteiger partial charge in [0.2, 0.25) is 5.65 Å². The van der Waals surface area contributed by atoms with Crippen LogP contribution in [0.2, 0.25) is 30.1 Å². The first-order valence-corrected chi connectivity index (χ1v) is 45.8. The highest BCUT2D eigenvalue weighted by Crippen LogP contribution is 2.41. The van der Waals surface area contributed by atoms with Crippen LogP contribution in [0.15, 0.2) is 397 Å². The molecule has 0 aliphatic carbocycles. The minimum atomic E-state index is -0.468. The Morgan fingerprint density at radius 2 is 0.601 bits per heavy atom. The molecule has 0 atom stereocenters. The van der Waals surface area contributed by atoms with Gasteiger partial charge in [0.25, 0.3) is 5.82 Å². The number of benzene rings is 8. The molecule has 24 rings (SSSR count). The van der Waals surface area contributed by atoms with Crippen molar-refractivity contribution in [1.82, 2.24) is 88.2 Å². The van der Waals surface area contributed by atoms with Crippen LogP contribution in [0.25, 0.3) is 189 Å². The molecule has 8 aromatic carbocycles. The Morgan fingerprint density at radius 1 is 0.252 bits per heavy atom. The lowest BCUT2D eigenvalue weighted by Crippen LogP contribution is -1.93. The maximum absolute atomic E-state index is 13.5. The van der Waals surface area contributed by atoms with Gasteiger partial charge in [0.05, 0.1) is 110 Å². The molecule has 0 N–H and O–H groups in total. The normalized spacial score (nSPS) is 10.9. The van der Waals surface area contributed by atoms with Gasteiger partial charge in [-0.2, -0.15) is 5.10 Å². The van der Waals surface area contributed by atoms with Crippen molar-refractivity contribution in [2.45, 2.75) is 0 Å². The Bertz CT molecular complexity index is 8390. The van der Waals surface area contributed by atoms with Gasteiger partial charge in [-0.25, -0.2) is 55.2 Å². The fourth-order valence-corrected chi connectivity index (χ4v) is 16.9. The predicted molar refractivity (Wildman–Crippen MR) is 552 cm³/mol. The average Bonchev–Trinajstić information content (AvgIpc) is 1.75. The van der Waals surface area contributed by atoms with Gasteiger partial charge in [-0.15, -0.1) is 0 Å². The van der Waals surface area contributed by atoms with Gasteiger partial charge in [-0.3, -0.25) is 49.8 Å². The van der Waals surface area contributed by atoms with Crippen molar-refractivity contribution in [3.63, 3.8) is 0 Å². The molecule has 0 spiro atoms. The van der Waals surface area contributed by atoms with E-state index in [2.05, 4.69) is 85.8 Å². The van der Waals surface area contributed by atoms with Crippen LogP contribution in [0.3, 0.4) is 0 Å². The van der Waals surface area contributed by atoms with Crippen molar-refractivity contribution < 1.29 is 26.3 Å². The first-order valence-electron chi connectivity index (χ1n) is 43.6. The Labute approximate surface area is 841 Å². The third kappa shape index (κ3) is 21.4. The van der Waals surface area contributed by atoms with Gasteiger partial charge in [0, 0.05) is 182 Å². The molecule has 31 heteroatoms. The maximum atomic E-state index is 13.5. The molecule has 0 saturated carbocycles. The second-order valence-corrected chi connectivity index (χ2v) is 34.0. The summed E-state index contributed by atoms with van der Waals surface area (Å²) in [6, 6.07) is 85.5. The van der Waals surface area contributed by atoms with E-state index in [1.54, 1.807) is 150 Å². The Morgan fingerprint density at radius 3 is 1.07 bits per heavy atom. The van der Waals surface area contributed by atoms with Gasteiger partial charge >= 0.3 is 0 Å². The number of nitrogens with zero attached hydrogens (tertiary/aromatic N) is 19. The number of hydrogen-bond acceptors (Lipinski definition) is 15. The highest BCUT2D eigenvalue weighted by molar-refractivity contribution is 6.33. The molecular formula is C112H65Cl6F6N19. The molecule has 0 aliphatic heterocycles. The largest absolute Gasteiger partial charge is 0.362 e. The molecule has 19 nitrogen and oxygen atoms in total. The van der Waals surface area contributed by atoms with Crippen LogP contribution >= 0.6 is 69.6 Å². The number of rotatable bonds is 12. The second kappa shape index (κ2) is 43.0. The second-order valence-electron chi connectivity index (χ2n) is 31.5. The van der Waals surface area contributed by atoms with Crippen LogP contribution in [0.4, 0.5) is 32.2 Å². The molecule has 16 heterocycles. The molecule has 0 aliphatic rings. The van der Waals surface area contributed by atoms with Crippen molar-refractivity contribution in [3.8, 4) is 134 Å². The van der Waals surface area contributed by atoms with E-state index in [0.29, 0.717) is 22.9 Å².